The topological polar surface area (TPSA) is 58.4 Å². The number of rotatable bonds is 7. The van der Waals surface area contributed by atoms with Gasteiger partial charge in [-0.05, 0) is 73.1 Å². The number of nitrogens with two attached hydrogens (primary N) is 1. The van der Waals surface area contributed by atoms with Gasteiger partial charge >= 0.3 is 6.03 Å². The number of benzene rings is 3. The van der Waals surface area contributed by atoms with Crippen molar-refractivity contribution in [3.8, 4) is 0 Å². The lowest BCUT2D eigenvalue weighted by Gasteiger charge is -2.31. The number of carbonyl (C=O) groups excluding carboxylic acids is 1. The average Bonchev–Trinajstić information content (AvgIpc) is 2.80. The van der Waals surface area contributed by atoms with Gasteiger partial charge in [0, 0.05) is 11.4 Å². The summed E-state index contributed by atoms with van der Waals surface area (Å²) in [6.45, 7) is 12.7. The summed E-state index contributed by atoms with van der Waals surface area (Å²) in [5, 5.41) is 3.23. The van der Waals surface area contributed by atoms with Gasteiger partial charge in [0.2, 0.25) is 0 Å². The molecule has 2 amide bonds. The summed E-state index contributed by atoms with van der Waals surface area (Å²) in [5.74, 6) is 0.433. The molecular weight excluding hydrogens is 406 g/mol. The van der Waals surface area contributed by atoms with Gasteiger partial charge in [-0.25, -0.2) is 4.79 Å². The van der Waals surface area contributed by atoms with Crippen LogP contribution in [0.3, 0.4) is 0 Å². The average molecular weight is 444 g/mol. The van der Waals surface area contributed by atoms with E-state index in [0.717, 1.165) is 40.9 Å². The van der Waals surface area contributed by atoms with E-state index in [1.54, 1.807) is 0 Å². The first-order chi connectivity index (χ1) is 15.8. The molecule has 3 aromatic carbocycles. The Balaban J connectivity index is 2.05. The Bertz CT molecular complexity index is 1090. The second-order valence-corrected chi connectivity index (χ2v) is 9.01. The van der Waals surface area contributed by atoms with Gasteiger partial charge in [0.1, 0.15) is 0 Å². The molecule has 0 unspecified atom stereocenters. The van der Waals surface area contributed by atoms with Gasteiger partial charge in [0.15, 0.2) is 0 Å². The molecule has 0 spiro atoms. The van der Waals surface area contributed by atoms with Crippen LogP contribution < -0.4 is 16.0 Å². The zero-order valence-corrected chi connectivity index (χ0v) is 20.8. The summed E-state index contributed by atoms with van der Waals surface area (Å²) < 4.78 is 0. The third kappa shape index (κ3) is 5.39. The van der Waals surface area contributed by atoms with Crippen LogP contribution >= 0.6 is 0 Å². The second kappa shape index (κ2) is 10.6. The van der Waals surface area contributed by atoms with Crippen LogP contribution in [0.2, 0.25) is 0 Å². The minimum absolute atomic E-state index is 0.147. The summed E-state index contributed by atoms with van der Waals surface area (Å²) in [6, 6.07) is 20.3. The first kappa shape index (κ1) is 24.4. The van der Waals surface area contributed by atoms with Gasteiger partial charge in [-0.2, -0.15) is 0 Å². The van der Waals surface area contributed by atoms with Crippen LogP contribution in [0.5, 0.6) is 0 Å². The molecule has 0 aliphatic rings. The van der Waals surface area contributed by atoms with Crippen molar-refractivity contribution >= 4 is 23.1 Å². The van der Waals surface area contributed by atoms with E-state index < -0.39 is 0 Å². The van der Waals surface area contributed by atoms with Crippen molar-refractivity contribution in [3.05, 3.63) is 88.5 Å². The molecule has 0 saturated carbocycles. The lowest BCUT2D eigenvalue weighted by atomic mass is 10.0. The quantitative estimate of drug-likeness (QED) is 0.369. The molecule has 0 saturated heterocycles. The van der Waals surface area contributed by atoms with E-state index >= 15 is 0 Å². The maximum absolute atomic E-state index is 13.8. The summed E-state index contributed by atoms with van der Waals surface area (Å²) in [6.07, 6.45) is 1.57. The zero-order valence-electron chi connectivity index (χ0n) is 20.8. The van der Waals surface area contributed by atoms with E-state index in [0.29, 0.717) is 11.6 Å². The minimum atomic E-state index is -0.157. The van der Waals surface area contributed by atoms with E-state index in [9.17, 15) is 4.79 Å². The number of nitrogen functional groups attached to an aromatic ring is 1. The zero-order chi connectivity index (χ0) is 24.1. The summed E-state index contributed by atoms with van der Waals surface area (Å²) in [5.41, 5.74) is 14.3. The Labute approximate surface area is 198 Å². The third-order valence-electron chi connectivity index (χ3n) is 6.41. The fraction of sp³-hybridized carbons (Fsp3) is 0.345. The number of nitrogens with zero attached hydrogens (tertiary/aromatic N) is 1. The molecule has 3 rings (SSSR count). The molecule has 33 heavy (non-hydrogen) atoms. The molecule has 0 aromatic heterocycles. The molecule has 3 aromatic rings. The molecule has 0 heterocycles. The number of hydrogen-bond donors (Lipinski definition) is 2. The third-order valence-corrected chi connectivity index (χ3v) is 6.41. The fourth-order valence-electron chi connectivity index (χ4n) is 4.24. The van der Waals surface area contributed by atoms with Gasteiger partial charge in [0.25, 0.3) is 0 Å². The van der Waals surface area contributed by atoms with E-state index in [4.69, 9.17) is 5.73 Å². The number of anilines is 3. The smallest absolute Gasteiger partial charge is 0.326 e. The number of nitrogens with one attached hydrogen (secondary N) is 1. The molecule has 0 aliphatic heterocycles. The van der Waals surface area contributed by atoms with Crippen molar-refractivity contribution in [2.24, 2.45) is 0 Å². The highest BCUT2D eigenvalue weighted by atomic mass is 16.2. The van der Waals surface area contributed by atoms with Crippen molar-refractivity contribution < 1.29 is 4.79 Å². The van der Waals surface area contributed by atoms with E-state index in [1.165, 1.54) is 11.1 Å². The molecule has 174 valence electrons. The first-order valence-corrected chi connectivity index (χ1v) is 11.9. The maximum Gasteiger partial charge on any atom is 0.326 e. The van der Waals surface area contributed by atoms with Crippen molar-refractivity contribution in [2.75, 3.05) is 16.0 Å². The Morgan fingerprint density at radius 2 is 1.48 bits per heavy atom. The minimum Gasteiger partial charge on any atom is -0.398 e. The van der Waals surface area contributed by atoms with E-state index in [1.807, 2.05) is 29.2 Å². The Kier molecular flexibility index (Phi) is 7.80. The fourth-order valence-corrected chi connectivity index (χ4v) is 4.24. The SMILES string of the molecule is CCc1ccc(N)c(CC)c1NC(=O)N(c1ccc(C(C)C)cc1)[C@H](C)c1ccc(C)cc1. The van der Waals surface area contributed by atoms with Crippen molar-refractivity contribution in [1.29, 1.82) is 0 Å². The highest BCUT2D eigenvalue weighted by molar-refractivity contribution is 6.03. The van der Waals surface area contributed by atoms with Gasteiger partial charge in [-0.15, -0.1) is 0 Å². The van der Waals surface area contributed by atoms with Gasteiger partial charge in [0.05, 0.1) is 11.7 Å². The Hall–Kier alpha value is -3.27. The predicted octanol–water partition coefficient (Wildman–Crippen LogP) is 7.63. The molecule has 0 radical (unpaired) electrons. The molecular formula is C29H37N3O. The molecule has 0 aliphatic carbocycles. The van der Waals surface area contributed by atoms with Crippen LogP contribution in [-0.4, -0.2) is 6.03 Å². The molecule has 3 N–H and O–H groups in total. The number of aryl methyl sites for hydroxylation is 2. The Morgan fingerprint density at radius 1 is 0.879 bits per heavy atom. The second-order valence-electron chi connectivity index (χ2n) is 9.01. The van der Waals surface area contributed by atoms with Crippen LogP contribution in [0.25, 0.3) is 0 Å². The largest absolute Gasteiger partial charge is 0.398 e. The highest BCUT2D eigenvalue weighted by Gasteiger charge is 2.25. The normalized spacial score (nSPS) is 12.0. The molecule has 4 nitrogen and oxygen atoms in total. The van der Waals surface area contributed by atoms with Crippen LogP contribution in [0, 0.1) is 6.92 Å². The molecule has 4 heteroatoms. The van der Waals surface area contributed by atoms with E-state index in [2.05, 4.69) is 83.3 Å². The Morgan fingerprint density at radius 3 is 2.03 bits per heavy atom. The molecule has 0 bridgehead atoms. The summed E-state index contributed by atoms with van der Waals surface area (Å²) in [7, 11) is 0. The number of urea groups is 1. The molecule has 0 fully saturated rings. The lowest BCUT2D eigenvalue weighted by molar-refractivity contribution is 0.255. The monoisotopic (exact) mass is 443 g/mol. The van der Waals surface area contributed by atoms with Crippen LogP contribution in [0.15, 0.2) is 60.7 Å². The van der Waals surface area contributed by atoms with Crippen molar-refractivity contribution in [2.45, 2.75) is 66.3 Å². The summed E-state index contributed by atoms with van der Waals surface area (Å²) >= 11 is 0. The van der Waals surface area contributed by atoms with Crippen molar-refractivity contribution in [3.63, 3.8) is 0 Å². The standard InChI is InChI=1S/C29H37N3O/c1-7-22-15-18-27(30)26(8-2)28(22)31-29(33)32(21(6)24-11-9-20(5)10-12-24)25-16-13-23(14-17-25)19(3)4/h9-19,21H,7-8,30H2,1-6H3,(H,31,33)/t21-/m1/s1. The highest BCUT2D eigenvalue weighted by Crippen LogP contribution is 2.32. The molecule has 1 atom stereocenters. The summed E-state index contributed by atoms with van der Waals surface area (Å²) in [4.78, 5) is 15.7. The number of amides is 2. The van der Waals surface area contributed by atoms with E-state index in [-0.39, 0.29) is 12.1 Å². The van der Waals surface area contributed by atoms with Gasteiger partial charge in [-0.1, -0.05) is 75.7 Å². The van der Waals surface area contributed by atoms with Crippen LogP contribution in [0.1, 0.15) is 74.4 Å². The van der Waals surface area contributed by atoms with Crippen molar-refractivity contribution in [1.82, 2.24) is 0 Å². The van der Waals surface area contributed by atoms with Crippen LogP contribution in [0.4, 0.5) is 21.9 Å². The number of carbonyl (C=O) groups is 1. The number of hydrogen-bond acceptors (Lipinski definition) is 2. The maximum atomic E-state index is 13.8. The lowest BCUT2D eigenvalue weighted by Crippen LogP contribution is -2.37. The van der Waals surface area contributed by atoms with Gasteiger partial charge < -0.3 is 11.1 Å². The predicted molar refractivity (Wildman–Crippen MR) is 141 cm³/mol. The van der Waals surface area contributed by atoms with Gasteiger partial charge in [-0.3, -0.25) is 4.90 Å². The van der Waals surface area contributed by atoms with Crippen LogP contribution in [-0.2, 0) is 12.8 Å². The first-order valence-electron chi connectivity index (χ1n) is 11.9.